The molecular formula is C20H18N6O. The molecule has 0 aliphatic carbocycles. The highest BCUT2D eigenvalue weighted by Gasteiger charge is 2.12. The number of amides is 1. The van der Waals surface area contributed by atoms with Crippen LogP contribution in [0.25, 0.3) is 16.9 Å². The Bertz CT molecular complexity index is 1050. The summed E-state index contributed by atoms with van der Waals surface area (Å²) in [4.78, 5) is 16.8. The average molecular weight is 358 g/mol. The van der Waals surface area contributed by atoms with E-state index in [0.29, 0.717) is 11.6 Å². The van der Waals surface area contributed by atoms with Crippen molar-refractivity contribution in [3.63, 3.8) is 0 Å². The highest BCUT2D eigenvalue weighted by molar-refractivity contribution is 5.90. The first-order chi connectivity index (χ1) is 13.2. The SMILES string of the molecule is Cc1cc(NC(=O)Cn2cc(-c3ccccc3)cn2)n(-c2ccccn2)n1. The van der Waals surface area contributed by atoms with Gasteiger partial charge in [-0.05, 0) is 24.6 Å². The van der Waals surface area contributed by atoms with Gasteiger partial charge in [0.2, 0.25) is 5.91 Å². The number of anilines is 1. The normalized spacial score (nSPS) is 10.7. The Morgan fingerprint density at radius 1 is 1.07 bits per heavy atom. The molecule has 0 aliphatic rings. The smallest absolute Gasteiger partial charge is 0.247 e. The highest BCUT2D eigenvalue weighted by Crippen LogP contribution is 2.18. The van der Waals surface area contributed by atoms with Crippen LogP contribution in [0.4, 0.5) is 5.82 Å². The van der Waals surface area contributed by atoms with Crippen LogP contribution in [0.15, 0.2) is 73.2 Å². The molecule has 0 aliphatic heterocycles. The van der Waals surface area contributed by atoms with Gasteiger partial charge in [-0.1, -0.05) is 36.4 Å². The van der Waals surface area contributed by atoms with Crippen molar-refractivity contribution in [3.05, 3.63) is 78.9 Å². The molecule has 0 unspecified atom stereocenters. The summed E-state index contributed by atoms with van der Waals surface area (Å²) in [7, 11) is 0. The van der Waals surface area contributed by atoms with Gasteiger partial charge in [0.05, 0.1) is 11.9 Å². The molecule has 1 aromatic carbocycles. The van der Waals surface area contributed by atoms with E-state index in [1.54, 1.807) is 21.8 Å². The molecule has 4 aromatic rings. The lowest BCUT2D eigenvalue weighted by Gasteiger charge is -2.08. The second-order valence-corrected chi connectivity index (χ2v) is 6.11. The van der Waals surface area contributed by atoms with Crippen molar-refractivity contribution >= 4 is 11.7 Å². The van der Waals surface area contributed by atoms with Gasteiger partial charge in [-0.2, -0.15) is 14.9 Å². The fourth-order valence-corrected chi connectivity index (χ4v) is 2.80. The number of aromatic nitrogens is 5. The van der Waals surface area contributed by atoms with Gasteiger partial charge in [0.15, 0.2) is 5.82 Å². The summed E-state index contributed by atoms with van der Waals surface area (Å²) >= 11 is 0. The molecule has 4 rings (SSSR count). The van der Waals surface area contributed by atoms with Crippen LogP contribution in [-0.4, -0.2) is 30.5 Å². The first-order valence-electron chi connectivity index (χ1n) is 8.55. The maximum Gasteiger partial charge on any atom is 0.247 e. The van der Waals surface area contributed by atoms with E-state index in [9.17, 15) is 4.79 Å². The molecule has 0 radical (unpaired) electrons. The van der Waals surface area contributed by atoms with E-state index in [-0.39, 0.29) is 12.5 Å². The minimum absolute atomic E-state index is 0.110. The third-order valence-electron chi connectivity index (χ3n) is 4.01. The van der Waals surface area contributed by atoms with Gasteiger partial charge in [-0.25, -0.2) is 4.98 Å². The van der Waals surface area contributed by atoms with E-state index in [0.717, 1.165) is 16.8 Å². The van der Waals surface area contributed by atoms with E-state index in [1.807, 2.05) is 67.7 Å². The molecule has 0 saturated carbocycles. The molecule has 27 heavy (non-hydrogen) atoms. The molecule has 1 N–H and O–H groups in total. The predicted molar refractivity (Wildman–Crippen MR) is 102 cm³/mol. The van der Waals surface area contributed by atoms with Crippen molar-refractivity contribution in [2.45, 2.75) is 13.5 Å². The molecule has 0 spiro atoms. The lowest BCUT2D eigenvalue weighted by Crippen LogP contribution is -2.21. The molecule has 7 nitrogen and oxygen atoms in total. The zero-order valence-corrected chi connectivity index (χ0v) is 14.8. The summed E-state index contributed by atoms with van der Waals surface area (Å²) in [6.07, 6.45) is 5.30. The molecule has 0 bridgehead atoms. The van der Waals surface area contributed by atoms with Crippen LogP contribution in [0.1, 0.15) is 5.69 Å². The van der Waals surface area contributed by atoms with Crippen molar-refractivity contribution in [2.24, 2.45) is 0 Å². The standard InChI is InChI=1S/C20H18N6O/c1-15-11-19(26(24-15)18-9-5-6-10-21-18)23-20(27)14-25-13-17(12-22-25)16-7-3-2-4-8-16/h2-13H,14H2,1H3,(H,23,27). The second-order valence-electron chi connectivity index (χ2n) is 6.11. The zero-order chi connectivity index (χ0) is 18.6. The third-order valence-corrected chi connectivity index (χ3v) is 4.01. The Balaban J connectivity index is 1.49. The summed E-state index contributed by atoms with van der Waals surface area (Å²) in [5.41, 5.74) is 2.83. The van der Waals surface area contributed by atoms with Gasteiger partial charge in [0.25, 0.3) is 0 Å². The topological polar surface area (TPSA) is 77.6 Å². The van der Waals surface area contributed by atoms with E-state index < -0.39 is 0 Å². The van der Waals surface area contributed by atoms with Crippen molar-refractivity contribution in [2.75, 3.05) is 5.32 Å². The molecule has 7 heteroatoms. The highest BCUT2D eigenvalue weighted by atomic mass is 16.2. The van der Waals surface area contributed by atoms with Crippen LogP contribution in [0.5, 0.6) is 0 Å². The third kappa shape index (κ3) is 3.77. The number of nitrogens with zero attached hydrogens (tertiary/aromatic N) is 5. The number of hydrogen-bond acceptors (Lipinski definition) is 4. The number of nitrogens with one attached hydrogen (secondary N) is 1. The van der Waals surface area contributed by atoms with Crippen LogP contribution < -0.4 is 5.32 Å². The van der Waals surface area contributed by atoms with Crippen LogP contribution in [0.3, 0.4) is 0 Å². The Morgan fingerprint density at radius 3 is 2.67 bits per heavy atom. The Hall–Kier alpha value is -3.74. The van der Waals surface area contributed by atoms with Gasteiger partial charge in [-0.3, -0.25) is 9.48 Å². The zero-order valence-electron chi connectivity index (χ0n) is 14.8. The first kappa shape index (κ1) is 16.7. The molecule has 1 amide bonds. The van der Waals surface area contributed by atoms with Crippen molar-refractivity contribution in [3.8, 4) is 16.9 Å². The number of hydrogen-bond donors (Lipinski definition) is 1. The van der Waals surface area contributed by atoms with Gasteiger partial charge in [0, 0.05) is 24.0 Å². The largest absolute Gasteiger partial charge is 0.309 e. The maximum atomic E-state index is 12.5. The Kier molecular flexibility index (Phi) is 4.49. The molecule has 0 fully saturated rings. The summed E-state index contributed by atoms with van der Waals surface area (Å²) < 4.78 is 3.23. The fourth-order valence-electron chi connectivity index (χ4n) is 2.80. The number of rotatable bonds is 5. The summed E-state index contributed by atoms with van der Waals surface area (Å²) in [5.74, 6) is 1.03. The number of aryl methyl sites for hydroxylation is 1. The van der Waals surface area contributed by atoms with E-state index >= 15 is 0 Å². The van der Waals surface area contributed by atoms with Crippen LogP contribution in [-0.2, 0) is 11.3 Å². The van der Waals surface area contributed by atoms with Gasteiger partial charge >= 0.3 is 0 Å². The quantitative estimate of drug-likeness (QED) is 0.595. The number of benzene rings is 1. The lowest BCUT2D eigenvalue weighted by atomic mass is 10.1. The molecule has 3 aromatic heterocycles. The van der Waals surface area contributed by atoms with Crippen LogP contribution in [0, 0.1) is 6.92 Å². The fraction of sp³-hybridized carbons (Fsp3) is 0.100. The van der Waals surface area contributed by atoms with Gasteiger partial charge in [-0.15, -0.1) is 0 Å². The summed E-state index contributed by atoms with van der Waals surface area (Å²) in [6, 6.07) is 17.3. The first-order valence-corrected chi connectivity index (χ1v) is 8.55. The van der Waals surface area contributed by atoms with E-state index in [4.69, 9.17) is 0 Å². The van der Waals surface area contributed by atoms with Crippen LogP contribution >= 0.6 is 0 Å². The van der Waals surface area contributed by atoms with E-state index in [1.165, 1.54) is 0 Å². The lowest BCUT2D eigenvalue weighted by molar-refractivity contribution is -0.116. The molecule has 0 saturated heterocycles. The van der Waals surface area contributed by atoms with Crippen molar-refractivity contribution < 1.29 is 4.79 Å². The van der Waals surface area contributed by atoms with Crippen molar-refractivity contribution in [1.29, 1.82) is 0 Å². The Labute approximate surface area is 156 Å². The minimum atomic E-state index is -0.185. The van der Waals surface area contributed by atoms with Crippen LogP contribution in [0.2, 0.25) is 0 Å². The predicted octanol–water partition coefficient (Wildman–Crippen LogP) is 3.08. The summed E-state index contributed by atoms with van der Waals surface area (Å²) in [5, 5.41) is 11.6. The Morgan fingerprint density at radius 2 is 1.89 bits per heavy atom. The molecule has 3 heterocycles. The average Bonchev–Trinajstić information content (AvgIpc) is 3.29. The number of carbonyl (C=O) groups excluding carboxylic acids is 1. The molecular weight excluding hydrogens is 340 g/mol. The molecule has 0 atom stereocenters. The minimum Gasteiger partial charge on any atom is -0.309 e. The molecule has 134 valence electrons. The second kappa shape index (κ2) is 7.25. The monoisotopic (exact) mass is 358 g/mol. The maximum absolute atomic E-state index is 12.5. The van der Waals surface area contributed by atoms with E-state index in [2.05, 4.69) is 20.5 Å². The summed E-state index contributed by atoms with van der Waals surface area (Å²) in [6.45, 7) is 1.98. The number of pyridine rings is 1. The van der Waals surface area contributed by atoms with Gasteiger partial charge < -0.3 is 5.32 Å². The number of carbonyl (C=O) groups is 1. The van der Waals surface area contributed by atoms with Crippen molar-refractivity contribution in [1.82, 2.24) is 24.5 Å². The van der Waals surface area contributed by atoms with Gasteiger partial charge in [0.1, 0.15) is 12.4 Å².